The Morgan fingerprint density at radius 2 is 1.81 bits per heavy atom. The van der Waals surface area contributed by atoms with Crippen molar-refractivity contribution in [2.75, 3.05) is 10.6 Å². The first kappa shape index (κ1) is 18.5. The van der Waals surface area contributed by atoms with Crippen LogP contribution in [0, 0.1) is 10.1 Å². The molecule has 0 fully saturated rings. The van der Waals surface area contributed by atoms with Crippen LogP contribution in [0.2, 0.25) is 0 Å². The number of nitro benzene ring substituents is 1. The van der Waals surface area contributed by atoms with Gasteiger partial charge in [0.1, 0.15) is 0 Å². The number of fused-ring (bicyclic) bond motifs is 2. The summed E-state index contributed by atoms with van der Waals surface area (Å²) in [4.78, 5) is 28.1. The summed E-state index contributed by atoms with van der Waals surface area (Å²) in [5.74, 6) is -0.315. The summed E-state index contributed by atoms with van der Waals surface area (Å²) in [5, 5.41) is 18.4. The Bertz CT molecular complexity index is 1380. The molecule has 7 nitrogen and oxygen atoms in total. The number of rotatable bonds is 4. The highest BCUT2D eigenvalue weighted by atomic mass is 16.6. The van der Waals surface area contributed by atoms with E-state index in [9.17, 15) is 14.9 Å². The molecule has 1 aliphatic heterocycles. The van der Waals surface area contributed by atoms with Gasteiger partial charge < -0.3 is 10.6 Å². The Labute approximate surface area is 177 Å². The molecule has 3 aromatic carbocycles. The maximum atomic E-state index is 12.9. The zero-order valence-electron chi connectivity index (χ0n) is 16.2. The maximum Gasteiger partial charge on any atom is 0.270 e. The van der Waals surface area contributed by atoms with Gasteiger partial charge in [-0.05, 0) is 35.9 Å². The molecule has 0 bridgehead atoms. The van der Waals surface area contributed by atoms with Gasteiger partial charge in [0.2, 0.25) is 0 Å². The Morgan fingerprint density at radius 1 is 0.968 bits per heavy atom. The first-order valence-electron chi connectivity index (χ1n) is 9.62. The molecule has 31 heavy (non-hydrogen) atoms. The van der Waals surface area contributed by atoms with Crippen LogP contribution in [0.25, 0.3) is 22.2 Å². The summed E-state index contributed by atoms with van der Waals surface area (Å²) in [7, 11) is 0. The van der Waals surface area contributed by atoms with Gasteiger partial charge >= 0.3 is 0 Å². The Morgan fingerprint density at radius 3 is 2.61 bits per heavy atom. The molecule has 1 aromatic heterocycles. The minimum Gasteiger partial charge on any atom is -0.354 e. The summed E-state index contributed by atoms with van der Waals surface area (Å²) in [6, 6.07) is 23.4. The van der Waals surface area contributed by atoms with Crippen LogP contribution >= 0.6 is 0 Å². The first-order valence-corrected chi connectivity index (χ1v) is 9.62. The normalized spacial score (nSPS) is 14.1. The van der Waals surface area contributed by atoms with Crippen molar-refractivity contribution in [2.45, 2.75) is 0 Å². The van der Waals surface area contributed by atoms with Crippen molar-refractivity contribution in [1.82, 2.24) is 4.98 Å². The van der Waals surface area contributed by atoms with Crippen molar-refractivity contribution in [3.63, 3.8) is 0 Å². The quantitative estimate of drug-likeness (QED) is 0.279. The number of nitrogens with one attached hydrogen (secondary N) is 2. The number of hydrogen-bond acceptors (Lipinski definition) is 5. The molecule has 2 heterocycles. The molecule has 4 aromatic rings. The van der Waals surface area contributed by atoms with Crippen molar-refractivity contribution >= 4 is 45.1 Å². The van der Waals surface area contributed by atoms with E-state index in [-0.39, 0.29) is 11.6 Å². The largest absolute Gasteiger partial charge is 0.354 e. The molecule has 0 unspecified atom stereocenters. The van der Waals surface area contributed by atoms with Gasteiger partial charge in [0.25, 0.3) is 11.6 Å². The maximum absolute atomic E-state index is 12.9. The van der Waals surface area contributed by atoms with E-state index >= 15 is 0 Å². The van der Waals surface area contributed by atoms with E-state index in [1.165, 1.54) is 12.1 Å². The summed E-state index contributed by atoms with van der Waals surface area (Å²) in [6.45, 7) is 0. The fraction of sp³-hybridized carbons (Fsp3) is 0. The van der Waals surface area contributed by atoms with Crippen LogP contribution in [0.4, 0.5) is 17.1 Å². The third-order valence-electron chi connectivity index (χ3n) is 5.14. The van der Waals surface area contributed by atoms with E-state index in [1.54, 1.807) is 12.3 Å². The minimum absolute atomic E-state index is 0.0723. The van der Waals surface area contributed by atoms with Crippen molar-refractivity contribution in [3.05, 3.63) is 106 Å². The van der Waals surface area contributed by atoms with E-state index in [4.69, 9.17) is 0 Å². The SMILES string of the molecule is O=C1Nc2ccc([N+](=O)[O-])cc2/C1=C(/Nc1ccc2ncccc2c1)c1ccccc1. The van der Waals surface area contributed by atoms with Gasteiger partial charge in [-0.15, -0.1) is 0 Å². The summed E-state index contributed by atoms with van der Waals surface area (Å²) >= 11 is 0. The highest BCUT2D eigenvalue weighted by molar-refractivity contribution is 6.37. The van der Waals surface area contributed by atoms with Crippen molar-refractivity contribution in [1.29, 1.82) is 0 Å². The molecule has 0 atom stereocenters. The lowest BCUT2D eigenvalue weighted by atomic mass is 9.99. The van der Waals surface area contributed by atoms with Gasteiger partial charge in [0.15, 0.2) is 0 Å². The lowest BCUT2D eigenvalue weighted by Gasteiger charge is -2.15. The predicted molar refractivity (Wildman–Crippen MR) is 120 cm³/mol. The smallest absolute Gasteiger partial charge is 0.270 e. The van der Waals surface area contributed by atoms with Gasteiger partial charge in [-0.3, -0.25) is 19.9 Å². The number of nitro groups is 1. The fourth-order valence-electron chi connectivity index (χ4n) is 3.70. The van der Waals surface area contributed by atoms with Gasteiger partial charge in [-0.1, -0.05) is 36.4 Å². The number of benzene rings is 3. The third kappa shape index (κ3) is 3.38. The van der Waals surface area contributed by atoms with Crippen LogP contribution in [-0.4, -0.2) is 15.8 Å². The number of aromatic nitrogens is 1. The van der Waals surface area contributed by atoms with Crippen LogP contribution in [-0.2, 0) is 4.79 Å². The Kier molecular flexibility index (Phi) is 4.41. The highest BCUT2D eigenvalue weighted by Gasteiger charge is 2.30. The van der Waals surface area contributed by atoms with E-state index in [0.717, 1.165) is 22.2 Å². The molecule has 7 heteroatoms. The average Bonchev–Trinajstić information content (AvgIpc) is 3.12. The van der Waals surface area contributed by atoms with Crippen molar-refractivity contribution in [2.24, 2.45) is 0 Å². The molecule has 150 valence electrons. The van der Waals surface area contributed by atoms with E-state index < -0.39 is 4.92 Å². The molecular formula is C24H16N4O3. The molecule has 0 saturated heterocycles. The summed E-state index contributed by atoms with van der Waals surface area (Å²) in [5.41, 5.74) is 4.32. The van der Waals surface area contributed by atoms with Crippen molar-refractivity contribution in [3.8, 4) is 0 Å². The zero-order valence-corrected chi connectivity index (χ0v) is 16.2. The zero-order chi connectivity index (χ0) is 21.4. The number of hydrogen-bond donors (Lipinski definition) is 2. The predicted octanol–water partition coefficient (Wildman–Crippen LogP) is 5.08. The number of carbonyl (C=O) groups excluding carboxylic acids is 1. The molecule has 0 radical (unpaired) electrons. The van der Waals surface area contributed by atoms with Crippen LogP contribution < -0.4 is 10.6 Å². The summed E-state index contributed by atoms with van der Waals surface area (Å²) < 4.78 is 0. The Hall–Kier alpha value is -4.52. The molecule has 1 aliphatic rings. The number of carbonyl (C=O) groups is 1. The molecule has 0 spiro atoms. The molecule has 2 N–H and O–H groups in total. The standard InChI is InChI=1S/C24H16N4O3/c29-24-22(19-14-18(28(30)31)9-11-21(19)27-24)23(15-5-2-1-3-6-15)26-17-8-10-20-16(13-17)7-4-12-25-20/h1-14,26H,(H,27,29)/b23-22-. The average molecular weight is 408 g/mol. The van der Waals surface area contributed by atoms with Gasteiger partial charge in [-0.2, -0.15) is 0 Å². The molecule has 1 amide bonds. The topological polar surface area (TPSA) is 97.2 Å². The minimum atomic E-state index is -0.466. The number of anilines is 2. The second kappa shape index (κ2) is 7.38. The Balaban J connectivity index is 1.70. The number of non-ortho nitro benzene ring substituents is 1. The summed E-state index contributed by atoms with van der Waals surface area (Å²) in [6.07, 6.45) is 1.74. The van der Waals surface area contributed by atoms with Gasteiger partial charge in [-0.25, -0.2) is 0 Å². The lowest BCUT2D eigenvalue weighted by Crippen LogP contribution is -2.10. The van der Waals surface area contributed by atoms with Crippen LogP contribution in [0.5, 0.6) is 0 Å². The molecule has 5 rings (SSSR count). The monoisotopic (exact) mass is 408 g/mol. The first-order chi connectivity index (χ1) is 15.1. The highest BCUT2D eigenvalue weighted by Crippen LogP contribution is 2.39. The lowest BCUT2D eigenvalue weighted by molar-refractivity contribution is -0.384. The molecular weight excluding hydrogens is 392 g/mol. The third-order valence-corrected chi connectivity index (χ3v) is 5.14. The number of nitrogens with zero attached hydrogens (tertiary/aromatic N) is 2. The van der Waals surface area contributed by atoms with E-state index in [1.807, 2.05) is 60.7 Å². The van der Waals surface area contributed by atoms with Crippen molar-refractivity contribution < 1.29 is 9.72 Å². The van der Waals surface area contributed by atoms with E-state index in [0.29, 0.717) is 22.5 Å². The van der Waals surface area contributed by atoms with Crippen LogP contribution in [0.15, 0.2) is 85.1 Å². The molecule has 0 saturated carbocycles. The van der Waals surface area contributed by atoms with E-state index in [2.05, 4.69) is 15.6 Å². The van der Waals surface area contributed by atoms with Gasteiger partial charge in [0, 0.05) is 40.7 Å². The van der Waals surface area contributed by atoms with Crippen LogP contribution in [0.1, 0.15) is 11.1 Å². The number of pyridine rings is 1. The number of amides is 1. The second-order valence-corrected chi connectivity index (χ2v) is 7.09. The van der Waals surface area contributed by atoms with Gasteiger partial charge in [0.05, 0.1) is 21.7 Å². The van der Waals surface area contributed by atoms with Crippen LogP contribution in [0.3, 0.4) is 0 Å². The fourth-order valence-corrected chi connectivity index (χ4v) is 3.70. The second-order valence-electron chi connectivity index (χ2n) is 7.09. The molecule has 0 aliphatic carbocycles.